The summed E-state index contributed by atoms with van der Waals surface area (Å²) in [4.78, 5) is 29.7. The summed E-state index contributed by atoms with van der Waals surface area (Å²) in [7, 11) is 0. The van der Waals surface area contributed by atoms with E-state index in [0.717, 1.165) is 17.3 Å². The summed E-state index contributed by atoms with van der Waals surface area (Å²) >= 11 is 6.31. The number of aryl methyl sites for hydroxylation is 1. The van der Waals surface area contributed by atoms with Crippen molar-refractivity contribution in [3.8, 4) is 17.0 Å². The number of amides is 1. The fraction of sp³-hybridized carbons (Fsp3) is 0.214. The molecule has 2 N–H and O–H groups in total. The van der Waals surface area contributed by atoms with Gasteiger partial charge >= 0.3 is 18.3 Å². The van der Waals surface area contributed by atoms with Crippen molar-refractivity contribution in [3.63, 3.8) is 0 Å². The monoisotopic (exact) mass is 626 g/mol. The maximum atomic E-state index is 13.3. The van der Waals surface area contributed by atoms with Crippen LogP contribution in [0.3, 0.4) is 0 Å². The first kappa shape index (κ1) is 31.0. The number of aromatic nitrogens is 1. The molecule has 0 aliphatic carbocycles. The Morgan fingerprint density at radius 1 is 0.976 bits per heavy atom. The first-order valence-corrected chi connectivity index (χ1v) is 13.4. The van der Waals surface area contributed by atoms with Gasteiger partial charge in [-0.25, -0.2) is 9.78 Å². The van der Waals surface area contributed by atoms with Crippen LogP contribution in [-0.2, 0) is 23.6 Å². The molecule has 3 aromatic rings. The van der Waals surface area contributed by atoms with Crippen molar-refractivity contribution < 1.29 is 46.1 Å². The van der Waals surface area contributed by atoms with Crippen LogP contribution in [0.1, 0.15) is 45.6 Å². The predicted molar refractivity (Wildman–Crippen MR) is 148 cm³/mol. The molecule has 1 fully saturated rings. The van der Waals surface area contributed by atoms with Crippen LogP contribution < -0.4 is 0 Å². The number of nitrogens with zero attached hydrogens (tertiary/aromatic N) is 2. The Labute approximate surface area is 244 Å². The van der Waals surface area contributed by atoms with Gasteiger partial charge < -0.3 is 10.2 Å². The van der Waals surface area contributed by atoms with E-state index in [1.54, 1.807) is 6.07 Å². The molecule has 0 bridgehead atoms. The summed E-state index contributed by atoms with van der Waals surface area (Å²) in [6.07, 6.45) is -6.99. The fourth-order valence-corrected chi connectivity index (χ4v) is 5.43. The molecule has 14 heteroatoms. The van der Waals surface area contributed by atoms with E-state index in [1.165, 1.54) is 41.3 Å². The summed E-state index contributed by atoms with van der Waals surface area (Å²) in [5.74, 6) is -2.00. The Morgan fingerprint density at radius 3 is 2.24 bits per heavy atom. The van der Waals surface area contributed by atoms with Crippen molar-refractivity contribution in [2.75, 3.05) is 6.54 Å². The van der Waals surface area contributed by atoms with Gasteiger partial charge in [0.25, 0.3) is 5.91 Å². The van der Waals surface area contributed by atoms with Gasteiger partial charge in [0.1, 0.15) is 15.6 Å². The van der Waals surface area contributed by atoms with Crippen LogP contribution in [0, 0.1) is 0 Å². The van der Waals surface area contributed by atoms with Crippen molar-refractivity contribution in [3.05, 3.63) is 87.5 Å². The topological polar surface area (TPSA) is 90.7 Å². The Morgan fingerprint density at radius 2 is 1.64 bits per heavy atom. The van der Waals surface area contributed by atoms with Crippen LogP contribution in [0.15, 0.2) is 59.5 Å². The molecular weight excluding hydrogens is 606 g/mol. The lowest BCUT2D eigenvalue weighted by molar-refractivity contribution is -0.143. The number of carboxylic acids is 1. The molecule has 1 amide bonds. The number of phenols is 1. The average molecular weight is 627 g/mol. The number of carbonyl (C=O) groups is 2. The third kappa shape index (κ3) is 7.29. The van der Waals surface area contributed by atoms with E-state index in [4.69, 9.17) is 17.3 Å². The van der Waals surface area contributed by atoms with Gasteiger partial charge in [-0.2, -0.15) is 26.3 Å². The highest BCUT2D eigenvalue weighted by molar-refractivity contribution is 8.26. The molecule has 0 atom stereocenters. The Hall–Kier alpha value is -3.91. The predicted octanol–water partition coefficient (Wildman–Crippen LogP) is 7.41. The number of carboxylic acid groups (broad SMARTS) is 1. The number of rotatable bonds is 8. The molecule has 0 radical (unpaired) electrons. The zero-order chi connectivity index (χ0) is 30.8. The molecule has 1 aliphatic rings. The van der Waals surface area contributed by atoms with E-state index < -0.39 is 35.4 Å². The van der Waals surface area contributed by atoms with Crippen LogP contribution in [-0.4, -0.2) is 42.8 Å². The van der Waals surface area contributed by atoms with Crippen molar-refractivity contribution in [2.24, 2.45) is 0 Å². The van der Waals surface area contributed by atoms with Crippen molar-refractivity contribution in [1.82, 2.24) is 9.88 Å². The molecule has 42 heavy (non-hydrogen) atoms. The smallest absolute Gasteiger partial charge is 0.416 e. The molecule has 220 valence electrons. The van der Waals surface area contributed by atoms with Gasteiger partial charge in [0.05, 0.1) is 27.4 Å². The SMILES string of the molecule is O=C(O)c1ccc(CCCCN2C(=O)C(=Cc3cccc(-c4cc(C(F)(F)F)cc(C(F)(F)F)c4)n3)SC2=S)cc1O. The van der Waals surface area contributed by atoms with Gasteiger partial charge in [-0.3, -0.25) is 9.69 Å². The zero-order valence-corrected chi connectivity index (χ0v) is 22.9. The second kappa shape index (κ2) is 12.1. The highest BCUT2D eigenvalue weighted by Crippen LogP contribution is 2.39. The lowest BCUT2D eigenvalue weighted by Gasteiger charge is -2.14. The van der Waals surface area contributed by atoms with Gasteiger partial charge in [-0.1, -0.05) is 36.1 Å². The summed E-state index contributed by atoms with van der Waals surface area (Å²) in [6.45, 7) is 0.277. The molecule has 1 aromatic heterocycles. The summed E-state index contributed by atoms with van der Waals surface area (Å²) in [5.41, 5.74) is -2.79. The van der Waals surface area contributed by atoms with Gasteiger partial charge in [0.2, 0.25) is 0 Å². The average Bonchev–Trinajstić information content (AvgIpc) is 3.17. The van der Waals surface area contributed by atoms with Gasteiger partial charge in [-0.05, 0) is 73.4 Å². The molecule has 6 nitrogen and oxygen atoms in total. The highest BCUT2D eigenvalue weighted by atomic mass is 32.2. The number of carbonyl (C=O) groups excluding carboxylic acids is 1. The third-order valence-corrected chi connectivity index (χ3v) is 7.57. The zero-order valence-electron chi connectivity index (χ0n) is 21.3. The molecule has 0 unspecified atom stereocenters. The second-order valence-corrected chi connectivity index (χ2v) is 10.9. The molecule has 0 spiro atoms. The van der Waals surface area contributed by atoms with Crippen molar-refractivity contribution in [1.29, 1.82) is 0 Å². The minimum absolute atomic E-state index is 0.0393. The number of thiocarbonyl (C=S) groups is 1. The largest absolute Gasteiger partial charge is 0.507 e. The number of aromatic carboxylic acids is 1. The minimum Gasteiger partial charge on any atom is -0.507 e. The summed E-state index contributed by atoms with van der Waals surface area (Å²) < 4.78 is 80.0. The number of aromatic hydroxyl groups is 1. The van der Waals surface area contributed by atoms with Crippen LogP contribution in [0.25, 0.3) is 17.3 Å². The number of hydrogen-bond acceptors (Lipinski definition) is 6. The van der Waals surface area contributed by atoms with Crippen LogP contribution in [0.5, 0.6) is 5.75 Å². The second-order valence-electron chi connectivity index (χ2n) is 9.19. The Kier molecular flexibility index (Phi) is 8.97. The molecule has 1 saturated heterocycles. The van der Waals surface area contributed by atoms with E-state index in [-0.39, 0.29) is 50.1 Å². The van der Waals surface area contributed by atoms with Crippen LogP contribution >= 0.6 is 24.0 Å². The van der Waals surface area contributed by atoms with E-state index in [1.807, 2.05) is 0 Å². The number of unbranched alkanes of at least 4 members (excludes halogenated alkanes) is 1. The van der Waals surface area contributed by atoms with E-state index in [2.05, 4.69) is 4.98 Å². The number of hydrogen-bond donors (Lipinski definition) is 2. The number of thioether (sulfide) groups is 1. The van der Waals surface area contributed by atoms with Gasteiger partial charge in [0, 0.05) is 12.1 Å². The first-order chi connectivity index (χ1) is 19.6. The fourth-order valence-electron chi connectivity index (χ4n) is 4.14. The van der Waals surface area contributed by atoms with E-state index in [9.17, 15) is 41.0 Å². The van der Waals surface area contributed by atoms with E-state index in [0.29, 0.717) is 31.4 Å². The lowest BCUT2D eigenvalue weighted by atomic mass is 10.0. The summed E-state index contributed by atoms with van der Waals surface area (Å²) in [6, 6.07) is 9.62. The quantitative estimate of drug-likeness (QED) is 0.116. The number of benzene rings is 2. The molecular formula is C28H20F6N2O4S2. The van der Waals surface area contributed by atoms with Crippen LogP contribution in [0.2, 0.25) is 0 Å². The third-order valence-electron chi connectivity index (χ3n) is 6.20. The van der Waals surface area contributed by atoms with E-state index >= 15 is 0 Å². The number of halogens is 6. The van der Waals surface area contributed by atoms with Gasteiger partial charge in [0.15, 0.2) is 0 Å². The van der Waals surface area contributed by atoms with Crippen LogP contribution in [0.4, 0.5) is 26.3 Å². The lowest BCUT2D eigenvalue weighted by Crippen LogP contribution is -2.29. The summed E-state index contributed by atoms with van der Waals surface area (Å²) in [5, 5.41) is 18.8. The highest BCUT2D eigenvalue weighted by Gasteiger charge is 2.37. The molecule has 1 aliphatic heterocycles. The van der Waals surface area contributed by atoms with Gasteiger partial charge in [-0.15, -0.1) is 0 Å². The molecule has 0 saturated carbocycles. The van der Waals surface area contributed by atoms with Crippen molar-refractivity contribution in [2.45, 2.75) is 31.6 Å². The maximum absolute atomic E-state index is 13.3. The minimum atomic E-state index is -5.01. The number of alkyl halides is 6. The van der Waals surface area contributed by atoms with Crippen molar-refractivity contribution >= 4 is 46.3 Å². The molecule has 2 aromatic carbocycles. The maximum Gasteiger partial charge on any atom is 0.416 e. The number of pyridine rings is 1. The molecule has 2 heterocycles. The molecule has 4 rings (SSSR count). The Bertz CT molecular complexity index is 1560. The normalized spacial score (nSPS) is 15.1. The first-order valence-electron chi connectivity index (χ1n) is 12.2. The Balaban J connectivity index is 1.46. The standard InChI is InChI=1S/C28H20F6N2O4S2/c29-27(30,31)17-11-16(12-18(13-17)28(32,33)34)21-6-3-5-19(35-21)14-23-24(38)36(26(41)42-23)9-2-1-4-15-7-8-20(25(39)40)22(37)10-15/h3,5-8,10-14,37H,1-2,4,9H2,(H,39,40).